The molecule has 6 nitrogen and oxygen atoms in total. The van der Waals surface area contributed by atoms with Crippen molar-refractivity contribution in [1.29, 1.82) is 0 Å². The SMILES string of the molecule is CCC(C)N(Cc1ccccc1)C(=O)CN1C(=O)c2ccccc2N2C(=O)CCC12C. The molecule has 2 aliphatic rings. The van der Waals surface area contributed by atoms with Gasteiger partial charge in [-0.2, -0.15) is 0 Å². The second-order valence-corrected chi connectivity index (χ2v) is 8.62. The fraction of sp³-hybridized carbons (Fsp3) is 0.400. The summed E-state index contributed by atoms with van der Waals surface area (Å²) in [5.74, 6) is -0.310. The first-order valence-electron chi connectivity index (χ1n) is 10.9. The van der Waals surface area contributed by atoms with Crippen LogP contribution in [0.3, 0.4) is 0 Å². The minimum atomic E-state index is -0.827. The van der Waals surface area contributed by atoms with Crippen LogP contribution in [0.1, 0.15) is 56.0 Å². The number of anilines is 1. The lowest BCUT2D eigenvalue weighted by Gasteiger charge is -2.48. The van der Waals surface area contributed by atoms with Gasteiger partial charge in [0.1, 0.15) is 12.2 Å². The topological polar surface area (TPSA) is 60.9 Å². The first kappa shape index (κ1) is 21.1. The molecule has 2 atom stereocenters. The summed E-state index contributed by atoms with van der Waals surface area (Å²) in [5.41, 5.74) is 1.34. The number of fused-ring (bicyclic) bond motifs is 3. The predicted molar refractivity (Wildman–Crippen MR) is 119 cm³/mol. The molecule has 0 bridgehead atoms. The van der Waals surface area contributed by atoms with Gasteiger partial charge in [-0.25, -0.2) is 0 Å². The van der Waals surface area contributed by atoms with Gasteiger partial charge in [-0.1, -0.05) is 49.4 Å². The van der Waals surface area contributed by atoms with Crippen molar-refractivity contribution in [1.82, 2.24) is 9.80 Å². The lowest BCUT2D eigenvalue weighted by atomic mass is 9.98. The highest BCUT2D eigenvalue weighted by Crippen LogP contribution is 2.43. The minimum Gasteiger partial charge on any atom is -0.334 e. The molecule has 2 unspecified atom stereocenters. The number of amides is 3. The van der Waals surface area contributed by atoms with E-state index in [2.05, 4.69) is 6.92 Å². The molecule has 0 spiro atoms. The summed E-state index contributed by atoms with van der Waals surface area (Å²) in [6.45, 7) is 6.42. The highest BCUT2D eigenvalue weighted by atomic mass is 16.2. The number of nitrogens with zero attached hydrogens (tertiary/aromatic N) is 3. The van der Waals surface area contributed by atoms with Crippen LogP contribution < -0.4 is 4.90 Å². The monoisotopic (exact) mass is 419 g/mol. The molecule has 0 N–H and O–H groups in total. The van der Waals surface area contributed by atoms with Gasteiger partial charge < -0.3 is 9.80 Å². The Labute approximate surface area is 183 Å². The zero-order chi connectivity index (χ0) is 22.2. The van der Waals surface area contributed by atoms with Gasteiger partial charge in [-0.3, -0.25) is 19.3 Å². The van der Waals surface area contributed by atoms with Gasteiger partial charge in [0.25, 0.3) is 5.91 Å². The number of rotatable bonds is 6. The van der Waals surface area contributed by atoms with Crippen LogP contribution in [0.4, 0.5) is 5.69 Å². The molecule has 31 heavy (non-hydrogen) atoms. The van der Waals surface area contributed by atoms with E-state index in [0.29, 0.717) is 30.6 Å². The number of carbonyl (C=O) groups is 3. The van der Waals surface area contributed by atoms with Crippen molar-refractivity contribution >= 4 is 23.4 Å². The van der Waals surface area contributed by atoms with E-state index in [1.54, 1.807) is 21.9 Å². The summed E-state index contributed by atoms with van der Waals surface area (Å²) < 4.78 is 0. The summed E-state index contributed by atoms with van der Waals surface area (Å²) in [4.78, 5) is 44.8. The number of hydrogen-bond donors (Lipinski definition) is 0. The molecule has 0 radical (unpaired) electrons. The number of para-hydroxylation sites is 1. The molecule has 162 valence electrons. The molecule has 2 heterocycles. The first-order chi connectivity index (χ1) is 14.9. The Kier molecular flexibility index (Phi) is 5.56. The number of carbonyl (C=O) groups excluding carboxylic acids is 3. The molecule has 0 saturated carbocycles. The third kappa shape index (κ3) is 3.60. The molecule has 6 heteroatoms. The maximum absolute atomic E-state index is 13.5. The van der Waals surface area contributed by atoms with E-state index in [1.807, 2.05) is 61.2 Å². The van der Waals surface area contributed by atoms with Crippen LogP contribution in [-0.2, 0) is 16.1 Å². The van der Waals surface area contributed by atoms with Crippen LogP contribution in [0.2, 0.25) is 0 Å². The second kappa shape index (κ2) is 8.17. The smallest absolute Gasteiger partial charge is 0.258 e. The highest BCUT2D eigenvalue weighted by molar-refractivity contribution is 6.11. The Morgan fingerprint density at radius 3 is 2.48 bits per heavy atom. The second-order valence-electron chi connectivity index (χ2n) is 8.62. The van der Waals surface area contributed by atoms with E-state index in [-0.39, 0.29) is 30.3 Å². The normalized spacial score (nSPS) is 21.0. The minimum absolute atomic E-state index is 0.0111. The van der Waals surface area contributed by atoms with E-state index in [1.165, 1.54) is 0 Å². The molecule has 4 rings (SSSR count). The molecule has 2 aromatic rings. The van der Waals surface area contributed by atoms with Crippen LogP contribution >= 0.6 is 0 Å². The maximum atomic E-state index is 13.5. The zero-order valence-corrected chi connectivity index (χ0v) is 18.4. The largest absolute Gasteiger partial charge is 0.334 e. The Bertz CT molecular complexity index is 1010. The van der Waals surface area contributed by atoms with Gasteiger partial charge in [0.05, 0.1) is 11.3 Å². The first-order valence-corrected chi connectivity index (χ1v) is 10.9. The average Bonchev–Trinajstić information content (AvgIpc) is 3.10. The lowest BCUT2D eigenvalue weighted by molar-refractivity contribution is -0.136. The van der Waals surface area contributed by atoms with Crippen LogP contribution in [0.25, 0.3) is 0 Å². The Morgan fingerprint density at radius 2 is 1.77 bits per heavy atom. The van der Waals surface area contributed by atoms with Gasteiger partial charge >= 0.3 is 0 Å². The van der Waals surface area contributed by atoms with E-state index in [9.17, 15) is 14.4 Å². The van der Waals surface area contributed by atoms with Crippen molar-refractivity contribution in [3.05, 3.63) is 65.7 Å². The molecule has 1 fully saturated rings. The van der Waals surface area contributed by atoms with Gasteiger partial charge in [0.15, 0.2) is 0 Å². The van der Waals surface area contributed by atoms with Crippen molar-refractivity contribution < 1.29 is 14.4 Å². The molecule has 0 aromatic heterocycles. The van der Waals surface area contributed by atoms with Crippen molar-refractivity contribution in [3.8, 4) is 0 Å². The molecule has 0 aliphatic carbocycles. The van der Waals surface area contributed by atoms with E-state index >= 15 is 0 Å². The standard InChI is InChI=1S/C25H29N3O3/c1-4-18(2)26(16-19-10-6-5-7-11-19)23(30)17-27-24(31)20-12-8-9-13-21(20)28-22(29)14-15-25(27,28)3/h5-13,18H,4,14-17H2,1-3H3. The summed E-state index contributed by atoms with van der Waals surface area (Å²) >= 11 is 0. The fourth-order valence-electron chi connectivity index (χ4n) is 4.66. The molecule has 3 amide bonds. The number of benzene rings is 2. The Hall–Kier alpha value is -3.15. The van der Waals surface area contributed by atoms with Gasteiger partial charge in [0, 0.05) is 19.0 Å². The maximum Gasteiger partial charge on any atom is 0.258 e. The Morgan fingerprint density at radius 1 is 1.10 bits per heavy atom. The van der Waals surface area contributed by atoms with Crippen LogP contribution in [0.5, 0.6) is 0 Å². The van der Waals surface area contributed by atoms with E-state index in [0.717, 1.165) is 12.0 Å². The van der Waals surface area contributed by atoms with Crippen LogP contribution in [-0.4, -0.2) is 45.8 Å². The molecule has 2 aliphatic heterocycles. The van der Waals surface area contributed by atoms with E-state index in [4.69, 9.17) is 0 Å². The summed E-state index contributed by atoms with van der Waals surface area (Å²) in [6, 6.07) is 17.1. The third-order valence-electron chi connectivity index (χ3n) is 6.68. The summed E-state index contributed by atoms with van der Waals surface area (Å²) in [5, 5.41) is 0. The van der Waals surface area contributed by atoms with Crippen molar-refractivity contribution in [2.75, 3.05) is 11.4 Å². The zero-order valence-electron chi connectivity index (χ0n) is 18.4. The summed E-state index contributed by atoms with van der Waals surface area (Å²) in [6.07, 6.45) is 1.69. The van der Waals surface area contributed by atoms with Crippen molar-refractivity contribution in [3.63, 3.8) is 0 Å². The summed E-state index contributed by atoms with van der Waals surface area (Å²) in [7, 11) is 0. The molecule has 2 aromatic carbocycles. The van der Waals surface area contributed by atoms with Crippen LogP contribution in [0, 0.1) is 0 Å². The van der Waals surface area contributed by atoms with Crippen molar-refractivity contribution in [2.24, 2.45) is 0 Å². The molecular weight excluding hydrogens is 390 g/mol. The van der Waals surface area contributed by atoms with E-state index < -0.39 is 5.66 Å². The quantitative estimate of drug-likeness (QED) is 0.715. The molecular formula is C25H29N3O3. The van der Waals surface area contributed by atoms with Gasteiger partial charge in [0.2, 0.25) is 11.8 Å². The van der Waals surface area contributed by atoms with Gasteiger partial charge in [-0.05, 0) is 44.4 Å². The number of hydrogen-bond acceptors (Lipinski definition) is 3. The predicted octanol–water partition coefficient (Wildman–Crippen LogP) is 3.81. The average molecular weight is 420 g/mol. The van der Waals surface area contributed by atoms with Crippen molar-refractivity contribution in [2.45, 2.75) is 58.3 Å². The van der Waals surface area contributed by atoms with Crippen LogP contribution in [0.15, 0.2) is 54.6 Å². The van der Waals surface area contributed by atoms with Gasteiger partial charge in [-0.15, -0.1) is 0 Å². The third-order valence-corrected chi connectivity index (χ3v) is 6.68. The Balaban J connectivity index is 1.66. The molecule has 1 saturated heterocycles. The fourth-order valence-corrected chi connectivity index (χ4v) is 4.66. The lowest BCUT2D eigenvalue weighted by Crippen LogP contribution is -2.64. The highest BCUT2D eigenvalue weighted by Gasteiger charge is 2.53.